The van der Waals surface area contributed by atoms with Gasteiger partial charge in [0.2, 0.25) is 0 Å². The van der Waals surface area contributed by atoms with Crippen molar-refractivity contribution in [3.63, 3.8) is 0 Å². The summed E-state index contributed by atoms with van der Waals surface area (Å²) < 4.78 is 0. The lowest BCUT2D eigenvalue weighted by Gasteiger charge is -2.42. The van der Waals surface area contributed by atoms with Crippen LogP contribution in [0.5, 0.6) is 0 Å². The fourth-order valence-corrected chi connectivity index (χ4v) is 3.48. The van der Waals surface area contributed by atoms with Gasteiger partial charge < -0.3 is 0 Å². The maximum Gasteiger partial charge on any atom is 0.0321 e. The third-order valence-corrected chi connectivity index (χ3v) is 5.13. The lowest BCUT2D eigenvalue weighted by atomic mass is 10.0. The van der Waals surface area contributed by atoms with Crippen molar-refractivity contribution >= 4 is 0 Å². The van der Waals surface area contributed by atoms with Crippen molar-refractivity contribution in [2.45, 2.75) is 39.4 Å². The summed E-state index contributed by atoms with van der Waals surface area (Å²) in [5.41, 5.74) is 4.18. The van der Waals surface area contributed by atoms with Crippen LogP contribution in [0.3, 0.4) is 0 Å². The third kappa shape index (κ3) is 4.01. The number of hydrogen-bond acceptors (Lipinski definition) is 2. The average molecular weight is 308 g/mol. The van der Waals surface area contributed by atoms with E-state index in [2.05, 4.69) is 85.2 Å². The minimum absolute atomic E-state index is 0.497. The Bertz CT molecular complexity index is 605. The van der Waals surface area contributed by atoms with Crippen molar-refractivity contribution in [2.75, 3.05) is 19.6 Å². The quantitative estimate of drug-likeness (QED) is 0.832. The highest BCUT2D eigenvalue weighted by atomic mass is 15.3. The molecule has 2 heteroatoms. The second-order valence-electron chi connectivity index (χ2n) is 6.89. The van der Waals surface area contributed by atoms with Crippen LogP contribution in [0, 0.1) is 6.92 Å². The molecule has 2 aromatic rings. The number of aryl methyl sites for hydroxylation is 1. The average Bonchev–Trinajstić information content (AvgIpc) is 2.58. The van der Waals surface area contributed by atoms with E-state index in [0.29, 0.717) is 12.1 Å². The topological polar surface area (TPSA) is 6.48 Å². The van der Waals surface area contributed by atoms with Crippen molar-refractivity contribution < 1.29 is 0 Å². The molecule has 0 bridgehead atoms. The first kappa shape index (κ1) is 16.2. The predicted molar refractivity (Wildman–Crippen MR) is 97.5 cm³/mol. The lowest BCUT2D eigenvalue weighted by molar-refractivity contribution is 0.0548. The first-order valence-corrected chi connectivity index (χ1v) is 8.72. The van der Waals surface area contributed by atoms with Gasteiger partial charge in [0, 0.05) is 38.3 Å². The molecule has 0 radical (unpaired) electrons. The highest BCUT2D eigenvalue weighted by Gasteiger charge is 2.27. The van der Waals surface area contributed by atoms with Gasteiger partial charge in [0.25, 0.3) is 0 Å². The summed E-state index contributed by atoms with van der Waals surface area (Å²) in [6.45, 7) is 11.3. The molecule has 23 heavy (non-hydrogen) atoms. The molecule has 0 N–H and O–H groups in total. The lowest BCUT2D eigenvalue weighted by Crippen LogP contribution is -2.51. The molecule has 0 aromatic heterocycles. The Kier molecular flexibility index (Phi) is 5.14. The molecule has 1 saturated heterocycles. The van der Waals surface area contributed by atoms with Crippen molar-refractivity contribution in [3.8, 4) is 0 Å². The molecule has 0 amide bonds. The van der Waals surface area contributed by atoms with Gasteiger partial charge in [-0.1, -0.05) is 60.2 Å². The van der Waals surface area contributed by atoms with Crippen LogP contribution in [0.2, 0.25) is 0 Å². The first-order valence-electron chi connectivity index (χ1n) is 8.72. The van der Waals surface area contributed by atoms with E-state index in [0.717, 1.165) is 26.2 Å². The molecule has 0 saturated carbocycles. The highest BCUT2D eigenvalue weighted by molar-refractivity contribution is 5.24. The second kappa shape index (κ2) is 7.29. The Morgan fingerprint density at radius 1 is 1.00 bits per heavy atom. The summed E-state index contributed by atoms with van der Waals surface area (Å²) in [5, 5.41) is 0. The molecule has 122 valence electrons. The molecule has 1 aliphatic heterocycles. The molecule has 2 aromatic carbocycles. The van der Waals surface area contributed by atoms with Crippen molar-refractivity contribution in [3.05, 3.63) is 71.3 Å². The van der Waals surface area contributed by atoms with Crippen LogP contribution >= 0.6 is 0 Å². The molecule has 1 fully saturated rings. The standard InChI is InChI=1S/C21H28N2/c1-17-9-11-21(12-10-17)19(3)23-14-13-22(18(2)15-23)16-20-7-5-4-6-8-20/h4-12,18-19H,13-16H2,1-3H3. The van der Waals surface area contributed by atoms with Gasteiger partial charge in [-0.3, -0.25) is 9.80 Å². The maximum atomic E-state index is 2.62. The van der Waals surface area contributed by atoms with Crippen molar-refractivity contribution in [1.29, 1.82) is 0 Å². The number of benzene rings is 2. The monoisotopic (exact) mass is 308 g/mol. The van der Waals surface area contributed by atoms with E-state index in [1.165, 1.54) is 16.7 Å². The molecular weight excluding hydrogens is 280 g/mol. The molecular formula is C21H28N2. The second-order valence-corrected chi connectivity index (χ2v) is 6.89. The van der Waals surface area contributed by atoms with Gasteiger partial charge in [0.1, 0.15) is 0 Å². The molecule has 0 spiro atoms. The molecule has 1 heterocycles. The maximum absolute atomic E-state index is 2.62. The Morgan fingerprint density at radius 2 is 1.70 bits per heavy atom. The van der Waals surface area contributed by atoms with Crippen LogP contribution in [0.15, 0.2) is 54.6 Å². The zero-order valence-corrected chi connectivity index (χ0v) is 14.6. The predicted octanol–water partition coefficient (Wildman–Crippen LogP) is 4.26. The number of rotatable bonds is 4. The van der Waals surface area contributed by atoms with E-state index in [9.17, 15) is 0 Å². The van der Waals surface area contributed by atoms with E-state index in [1.807, 2.05) is 0 Å². The summed E-state index contributed by atoms with van der Waals surface area (Å²) in [4.78, 5) is 5.23. The summed E-state index contributed by atoms with van der Waals surface area (Å²) in [7, 11) is 0. The Labute approximate surface area is 140 Å². The number of nitrogens with zero attached hydrogens (tertiary/aromatic N) is 2. The van der Waals surface area contributed by atoms with Crippen LogP contribution in [0.25, 0.3) is 0 Å². The largest absolute Gasteiger partial charge is 0.294 e. The molecule has 3 rings (SSSR count). The minimum Gasteiger partial charge on any atom is -0.294 e. The summed E-state index contributed by atoms with van der Waals surface area (Å²) >= 11 is 0. The third-order valence-electron chi connectivity index (χ3n) is 5.13. The highest BCUT2D eigenvalue weighted by Crippen LogP contribution is 2.24. The van der Waals surface area contributed by atoms with Gasteiger partial charge in [-0.05, 0) is 31.9 Å². The SMILES string of the molecule is Cc1ccc(C(C)N2CCN(Cc3ccccc3)C(C)C2)cc1. The fraction of sp³-hybridized carbons (Fsp3) is 0.429. The van der Waals surface area contributed by atoms with Gasteiger partial charge in [-0.2, -0.15) is 0 Å². The van der Waals surface area contributed by atoms with Gasteiger partial charge >= 0.3 is 0 Å². The number of hydrogen-bond donors (Lipinski definition) is 0. The van der Waals surface area contributed by atoms with Crippen molar-refractivity contribution in [1.82, 2.24) is 9.80 Å². The molecule has 1 aliphatic rings. The van der Waals surface area contributed by atoms with E-state index in [4.69, 9.17) is 0 Å². The van der Waals surface area contributed by atoms with Gasteiger partial charge in [-0.25, -0.2) is 0 Å². The Morgan fingerprint density at radius 3 is 2.35 bits per heavy atom. The van der Waals surface area contributed by atoms with E-state index < -0.39 is 0 Å². The minimum atomic E-state index is 0.497. The molecule has 2 atom stereocenters. The first-order chi connectivity index (χ1) is 11.1. The molecule has 2 nitrogen and oxygen atoms in total. The molecule has 0 aliphatic carbocycles. The summed E-state index contributed by atoms with van der Waals surface area (Å²) in [5.74, 6) is 0. The smallest absolute Gasteiger partial charge is 0.0321 e. The van der Waals surface area contributed by atoms with Crippen LogP contribution < -0.4 is 0 Å². The van der Waals surface area contributed by atoms with Gasteiger partial charge in [0.15, 0.2) is 0 Å². The zero-order chi connectivity index (χ0) is 16.2. The van der Waals surface area contributed by atoms with Crippen LogP contribution in [-0.4, -0.2) is 35.5 Å². The van der Waals surface area contributed by atoms with Crippen LogP contribution in [-0.2, 0) is 6.54 Å². The molecule has 2 unspecified atom stereocenters. The fourth-order valence-electron chi connectivity index (χ4n) is 3.48. The van der Waals surface area contributed by atoms with E-state index >= 15 is 0 Å². The summed E-state index contributed by atoms with van der Waals surface area (Å²) in [6.07, 6.45) is 0. The summed E-state index contributed by atoms with van der Waals surface area (Å²) in [6, 6.07) is 20.9. The van der Waals surface area contributed by atoms with Gasteiger partial charge in [-0.15, -0.1) is 0 Å². The van der Waals surface area contributed by atoms with Gasteiger partial charge in [0.05, 0.1) is 0 Å². The zero-order valence-electron chi connectivity index (χ0n) is 14.6. The van der Waals surface area contributed by atoms with Crippen molar-refractivity contribution in [2.24, 2.45) is 0 Å². The Hall–Kier alpha value is -1.64. The van der Waals surface area contributed by atoms with E-state index in [1.54, 1.807) is 0 Å². The van der Waals surface area contributed by atoms with Crippen LogP contribution in [0.1, 0.15) is 36.6 Å². The van der Waals surface area contributed by atoms with E-state index in [-0.39, 0.29) is 0 Å². The van der Waals surface area contributed by atoms with Crippen LogP contribution in [0.4, 0.5) is 0 Å². The Balaban J connectivity index is 1.60. The number of piperazine rings is 1. The normalized spacial score (nSPS) is 21.3.